The number of nitrogens with zero attached hydrogens (tertiary/aromatic N) is 4. The quantitative estimate of drug-likeness (QED) is 0.885. The van der Waals surface area contributed by atoms with Crippen molar-refractivity contribution in [3.63, 3.8) is 0 Å². The molecule has 0 spiro atoms. The summed E-state index contributed by atoms with van der Waals surface area (Å²) < 4.78 is 1.71. The van der Waals surface area contributed by atoms with Gasteiger partial charge in [-0.1, -0.05) is 0 Å². The normalized spacial score (nSPS) is 19.8. The van der Waals surface area contributed by atoms with Gasteiger partial charge in [0.05, 0.1) is 0 Å². The van der Waals surface area contributed by atoms with E-state index in [-0.39, 0.29) is 0 Å². The minimum Gasteiger partial charge on any atom is -0.480 e. The molecule has 1 N–H and O–H groups in total. The predicted molar refractivity (Wildman–Crippen MR) is 73.8 cm³/mol. The first-order valence-electron chi connectivity index (χ1n) is 6.04. The van der Waals surface area contributed by atoms with Crippen LogP contribution in [0.4, 0.5) is 5.82 Å². The Morgan fingerprint density at radius 1 is 1.53 bits per heavy atom. The molecule has 0 aliphatic carbocycles. The van der Waals surface area contributed by atoms with Gasteiger partial charge in [-0.15, -0.1) is 0 Å². The van der Waals surface area contributed by atoms with E-state index in [1.165, 1.54) is 6.33 Å². The second-order valence-electron chi connectivity index (χ2n) is 4.54. The van der Waals surface area contributed by atoms with Crippen molar-refractivity contribution in [2.75, 3.05) is 23.0 Å². The number of carboxylic acids is 1. The smallest absolute Gasteiger partial charge is 0.327 e. The van der Waals surface area contributed by atoms with Crippen molar-refractivity contribution < 1.29 is 9.90 Å². The molecule has 1 aliphatic rings. The van der Waals surface area contributed by atoms with Gasteiger partial charge in [-0.05, 0) is 24.6 Å². The first kappa shape index (κ1) is 12.3. The van der Waals surface area contributed by atoms with E-state index < -0.39 is 12.0 Å². The standard InChI is InChI=1S/C12H14N4O2S/c1-8-4-10-13-7-14-16(10)11(5-8)15-2-3-19-6-9(15)12(17)18/h4-5,7,9H,2-3,6H2,1H3,(H,17,18). The maximum Gasteiger partial charge on any atom is 0.327 e. The highest BCUT2D eigenvalue weighted by molar-refractivity contribution is 7.99. The summed E-state index contributed by atoms with van der Waals surface area (Å²) in [6.07, 6.45) is 1.49. The van der Waals surface area contributed by atoms with Gasteiger partial charge in [0, 0.05) is 18.1 Å². The highest BCUT2D eigenvalue weighted by Crippen LogP contribution is 2.25. The van der Waals surface area contributed by atoms with Gasteiger partial charge in [0.1, 0.15) is 18.2 Å². The van der Waals surface area contributed by atoms with Crippen LogP contribution in [0.25, 0.3) is 5.65 Å². The van der Waals surface area contributed by atoms with E-state index in [1.54, 1.807) is 16.3 Å². The molecule has 2 aromatic heterocycles. The number of carbonyl (C=O) groups is 1. The fourth-order valence-electron chi connectivity index (χ4n) is 2.32. The van der Waals surface area contributed by atoms with E-state index in [0.717, 1.165) is 22.8 Å². The molecule has 3 heterocycles. The number of anilines is 1. The maximum absolute atomic E-state index is 11.4. The topological polar surface area (TPSA) is 70.7 Å². The highest BCUT2D eigenvalue weighted by atomic mass is 32.2. The maximum atomic E-state index is 11.4. The Bertz CT molecular complexity index is 627. The number of aliphatic carboxylic acids is 1. The average molecular weight is 278 g/mol. The Morgan fingerprint density at radius 2 is 2.37 bits per heavy atom. The Balaban J connectivity index is 2.11. The molecule has 1 unspecified atom stereocenters. The first-order valence-corrected chi connectivity index (χ1v) is 7.20. The molecule has 0 aromatic carbocycles. The fourth-order valence-corrected chi connectivity index (χ4v) is 3.36. The lowest BCUT2D eigenvalue weighted by Gasteiger charge is -2.34. The molecule has 6 nitrogen and oxygen atoms in total. The van der Waals surface area contributed by atoms with Crippen LogP contribution in [0.1, 0.15) is 5.56 Å². The van der Waals surface area contributed by atoms with Crippen LogP contribution in [0.3, 0.4) is 0 Å². The van der Waals surface area contributed by atoms with Crippen LogP contribution < -0.4 is 4.90 Å². The molecule has 0 radical (unpaired) electrons. The van der Waals surface area contributed by atoms with E-state index in [4.69, 9.17) is 0 Å². The molecule has 100 valence electrons. The Kier molecular flexibility index (Phi) is 3.06. The molecule has 1 fully saturated rings. The van der Waals surface area contributed by atoms with E-state index in [1.807, 2.05) is 24.0 Å². The highest BCUT2D eigenvalue weighted by Gasteiger charge is 2.30. The van der Waals surface area contributed by atoms with E-state index >= 15 is 0 Å². The third-order valence-corrected chi connectivity index (χ3v) is 4.24. The second kappa shape index (κ2) is 4.73. The van der Waals surface area contributed by atoms with Crippen molar-refractivity contribution in [2.45, 2.75) is 13.0 Å². The summed E-state index contributed by atoms with van der Waals surface area (Å²) in [4.78, 5) is 17.5. The summed E-state index contributed by atoms with van der Waals surface area (Å²) in [6, 6.07) is 3.39. The number of thioether (sulfide) groups is 1. The molecule has 1 saturated heterocycles. The molecule has 0 saturated carbocycles. The van der Waals surface area contributed by atoms with Crippen molar-refractivity contribution >= 4 is 29.2 Å². The van der Waals surface area contributed by atoms with Crippen LogP contribution in [0, 0.1) is 6.92 Å². The van der Waals surface area contributed by atoms with Gasteiger partial charge in [0.2, 0.25) is 0 Å². The molecule has 7 heteroatoms. The van der Waals surface area contributed by atoms with Crippen molar-refractivity contribution in [1.82, 2.24) is 14.6 Å². The van der Waals surface area contributed by atoms with Crippen LogP contribution >= 0.6 is 11.8 Å². The van der Waals surface area contributed by atoms with Crippen LogP contribution in [0.2, 0.25) is 0 Å². The molecule has 2 aromatic rings. The lowest BCUT2D eigenvalue weighted by atomic mass is 10.2. The third kappa shape index (κ3) is 2.14. The molecular formula is C12H14N4O2S. The van der Waals surface area contributed by atoms with Gasteiger partial charge in [0.15, 0.2) is 5.65 Å². The number of hydrogen-bond acceptors (Lipinski definition) is 5. The summed E-state index contributed by atoms with van der Waals surface area (Å²) in [5, 5.41) is 13.6. The lowest BCUT2D eigenvalue weighted by Crippen LogP contribution is -2.48. The van der Waals surface area contributed by atoms with E-state index in [2.05, 4.69) is 10.1 Å². The van der Waals surface area contributed by atoms with E-state index in [0.29, 0.717) is 12.3 Å². The van der Waals surface area contributed by atoms with Crippen LogP contribution in [0.15, 0.2) is 18.5 Å². The first-order chi connectivity index (χ1) is 9.16. The summed E-state index contributed by atoms with van der Waals surface area (Å²) in [5.74, 6) is 1.54. The zero-order valence-electron chi connectivity index (χ0n) is 10.5. The Hall–Kier alpha value is -1.76. The van der Waals surface area contributed by atoms with Crippen molar-refractivity contribution in [3.05, 3.63) is 24.0 Å². The second-order valence-corrected chi connectivity index (χ2v) is 5.69. The van der Waals surface area contributed by atoms with Crippen LogP contribution in [-0.2, 0) is 4.79 Å². The number of carboxylic acid groups (broad SMARTS) is 1. The monoisotopic (exact) mass is 278 g/mol. The predicted octanol–water partition coefficient (Wildman–Crippen LogP) is 1.04. The lowest BCUT2D eigenvalue weighted by molar-refractivity contribution is -0.138. The zero-order chi connectivity index (χ0) is 13.4. The van der Waals surface area contributed by atoms with Crippen molar-refractivity contribution in [2.24, 2.45) is 0 Å². The van der Waals surface area contributed by atoms with Gasteiger partial charge in [-0.2, -0.15) is 21.4 Å². The Labute approximate surface area is 114 Å². The van der Waals surface area contributed by atoms with Gasteiger partial charge >= 0.3 is 5.97 Å². The summed E-state index contributed by atoms with van der Waals surface area (Å²) in [7, 11) is 0. The van der Waals surface area contributed by atoms with Gasteiger partial charge in [-0.25, -0.2) is 9.78 Å². The van der Waals surface area contributed by atoms with Crippen LogP contribution in [0.5, 0.6) is 0 Å². The fraction of sp³-hybridized carbons (Fsp3) is 0.417. The molecule has 0 amide bonds. The molecule has 1 aliphatic heterocycles. The number of pyridine rings is 1. The summed E-state index contributed by atoms with van der Waals surface area (Å²) in [5.41, 5.74) is 1.80. The molecule has 0 bridgehead atoms. The zero-order valence-corrected chi connectivity index (χ0v) is 11.3. The number of aromatic nitrogens is 3. The van der Waals surface area contributed by atoms with E-state index in [9.17, 15) is 9.90 Å². The van der Waals surface area contributed by atoms with Crippen molar-refractivity contribution in [3.8, 4) is 0 Å². The number of aryl methyl sites for hydroxylation is 1. The molecule has 1 atom stereocenters. The summed E-state index contributed by atoms with van der Waals surface area (Å²) in [6.45, 7) is 2.69. The van der Waals surface area contributed by atoms with Crippen LogP contribution in [-0.4, -0.2) is 49.8 Å². The number of fused-ring (bicyclic) bond motifs is 1. The molecule has 3 rings (SSSR count). The largest absolute Gasteiger partial charge is 0.480 e. The minimum atomic E-state index is -0.790. The molecule has 19 heavy (non-hydrogen) atoms. The SMILES string of the molecule is Cc1cc(N2CCSCC2C(=O)O)n2ncnc2c1. The molecular weight excluding hydrogens is 264 g/mol. The number of rotatable bonds is 2. The van der Waals surface area contributed by atoms with Gasteiger partial charge in [-0.3, -0.25) is 0 Å². The minimum absolute atomic E-state index is 0.507. The Morgan fingerprint density at radius 3 is 3.16 bits per heavy atom. The average Bonchev–Trinajstić information content (AvgIpc) is 2.85. The summed E-state index contributed by atoms with van der Waals surface area (Å²) >= 11 is 1.67. The van der Waals surface area contributed by atoms with Crippen molar-refractivity contribution in [1.29, 1.82) is 0 Å². The number of hydrogen-bond donors (Lipinski definition) is 1. The van der Waals surface area contributed by atoms with Gasteiger partial charge in [0.25, 0.3) is 0 Å². The third-order valence-electron chi connectivity index (χ3n) is 3.21. The van der Waals surface area contributed by atoms with Gasteiger partial charge < -0.3 is 10.0 Å².